The molecular formula is C16H20N2O. The molecule has 1 aromatic heterocycles. The molecule has 0 aliphatic carbocycles. The number of aromatic nitrogens is 1. The summed E-state index contributed by atoms with van der Waals surface area (Å²) in [6.07, 6.45) is 2.01. The molecular weight excluding hydrogens is 236 g/mol. The van der Waals surface area contributed by atoms with Crippen molar-refractivity contribution in [3.05, 3.63) is 36.4 Å². The van der Waals surface area contributed by atoms with E-state index in [1.165, 1.54) is 5.39 Å². The maximum Gasteiger partial charge on any atom is 0.129 e. The Kier molecular flexibility index (Phi) is 3.38. The van der Waals surface area contributed by atoms with Crippen LogP contribution in [0.1, 0.15) is 19.8 Å². The molecule has 1 aliphatic rings. The number of hydrogen-bond donors (Lipinski definition) is 1. The van der Waals surface area contributed by atoms with Gasteiger partial charge in [0.25, 0.3) is 0 Å². The van der Waals surface area contributed by atoms with Crippen LogP contribution in [-0.4, -0.2) is 29.3 Å². The number of pyridine rings is 1. The largest absolute Gasteiger partial charge is 0.393 e. The van der Waals surface area contributed by atoms with Crippen molar-refractivity contribution in [2.45, 2.75) is 25.9 Å². The van der Waals surface area contributed by atoms with Gasteiger partial charge in [-0.15, -0.1) is 0 Å². The fourth-order valence-corrected chi connectivity index (χ4v) is 2.84. The molecule has 2 unspecified atom stereocenters. The summed E-state index contributed by atoms with van der Waals surface area (Å²) in [6.45, 7) is 3.83. The first-order chi connectivity index (χ1) is 9.24. The van der Waals surface area contributed by atoms with E-state index in [1.807, 2.05) is 19.1 Å². The van der Waals surface area contributed by atoms with Crippen molar-refractivity contribution in [1.29, 1.82) is 0 Å². The number of rotatable bonds is 2. The highest BCUT2D eigenvalue weighted by atomic mass is 16.3. The van der Waals surface area contributed by atoms with Crippen LogP contribution in [0, 0.1) is 5.92 Å². The molecule has 0 spiro atoms. The van der Waals surface area contributed by atoms with Gasteiger partial charge in [-0.3, -0.25) is 0 Å². The van der Waals surface area contributed by atoms with Gasteiger partial charge in [-0.2, -0.15) is 0 Å². The number of hydrogen-bond acceptors (Lipinski definition) is 3. The first kappa shape index (κ1) is 12.4. The number of para-hydroxylation sites is 1. The van der Waals surface area contributed by atoms with Crippen molar-refractivity contribution in [2.75, 3.05) is 18.0 Å². The zero-order chi connectivity index (χ0) is 13.2. The molecule has 2 heterocycles. The Labute approximate surface area is 113 Å². The van der Waals surface area contributed by atoms with Crippen molar-refractivity contribution in [3.63, 3.8) is 0 Å². The molecule has 0 amide bonds. The average Bonchev–Trinajstić information content (AvgIpc) is 2.47. The minimum absolute atomic E-state index is 0.233. The van der Waals surface area contributed by atoms with Crippen molar-refractivity contribution in [1.82, 2.24) is 4.98 Å². The molecule has 1 aromatic carbocycles. The lowest BCUT2D eigenvalue weighted by atomic mass is 9.93. The van der Waals surface area contributed by atoms with E-state index in [0.29, 0.717) is 5.92 Å². The van der Waals surface area contributed by atoms with Gasteiger partial charge >= 0.3 is 0 Å². The van der Waals surface area contributed by atoms with Crippen LogP contribution in [0.5, 0.6) is 0 Å². The Hall–Kier alpha value is -1.61. The molecule has 1 N–H and O–H groups in total. The molecule has 3 heteroatoms. The van der Waals surface area contributed by atoms with Crippen molar-refractivity contribution in [2.24, 2.45) is 5.92 Å². The molecule has 1 aliphatic heterocycles. The number of nitrogens with zero attached hydrogens (tertiary/aromatic N) is 2. The predicted octanol–water partition coefficient (Wildman–Crippen LogP) is 2.83. The minimum atomic E-state index is -0.233. The van der Waals surface area contributed by atoms with E-state index in [4.69, 9.17) is 4.98 Å². The molecule has 100 valence electrons. The third-order valence-corrected chi connectivity index (χ3v) is 4.05. The predicted molar refractivity (Wildman–Crippen MR) is 78.4 cm³/mol. The SMILES string of the molecule is CC(O)C1CCCN(c2ccc3ccccc3n2)C1. The van der Waals surface area contributed by atoms with Crippen molar-refractivity contribution in [3.8, 4) is 0 Å². The van der Waals surface area contributed by atoms with Crippen LogP contribution >= 0.6 is 0 Å². The second kappa shape index (κ2) is 5.17. The van der Waals surface area contributed by atoms with E-state index >= 15 is 0 Å². The highest BCUT2D eigenvalue weighted by Gasteiger charge is 2.24. The van der Waals surface area contributed by atoms with Gasteiger partial charge in [0, 0.05) is 24.4 Å². The van der Waals surface area contributed by atoms with Crippen LogP contribution in [0.25, 0.3) is 10.9 Å². The number of piperidine rings is 1. The Morgan fingerprint density at radius 1 is 1.26 bits per heavy atom. The number of fused-ring (bicyclic) bond motifs is 1. The normalized spacial score (nSPS) is 21.6. The lowest BCUT2D eigenvalue weighted by Crippen LogP contribution is -2.39. The first-order valence-electron chi connectivity index (χ1n) is 7.03. The van der Waals surface area contributed by atoms with E-state index in [1.54, 1.807) is 0 Å². The van der Waals surface area contributed by atoms with Crippen molar-refractivity contribution < 1.29 is 5.11 Å². The van der Waals surface area contributed by atoms with E-state index < -0.39 is 0 Å². The van der Waals surface area contributed by atoms with Crippen molar-refractivity contribution >= 4 is 16.7 Å². The summed E-state index contributed by atoms with van der Waals surface area (Å²) in [5.41, 5.74) is 1.04. The van der Waals surface area contributed by atoms with E-state index in [2.05, 4.69) is 29.2 Å². The van der Waals surface area contributed by atoms with Crippen LogP contribution in [0.15, 0.2) is 36.4 Å². The molecule has 0 radical (unpaired) electrons. The number of anilines is 1. The summed E-state index contributed by atoms with van der Waals surface area (Å²) in [4.78, 5) is 7.04. The number of benzene rings is 1. The van der Waals surface area contributed by atoms with Gasteiger partial charge in [0.15, 0.2) is 0 Å². The summed E-state index contributed by atoms with van der Waals surface area (Å²) in [6, 6.07) is 12.4. The molecule has 1 saturated heterocycles. The van der Waals surface area contributed by atoms with Gasteiger partial charge in [0.2, 0.25) is 0 Å². The summed E-state index contributed by atoms with van der Waals surface area (Å²) in [7, 11) is 0. The van der Waals surface area contributed by atoms with Crippen LogP contribution in [0.3, 0.4) is 0 Å². The van der Waals surface area contributed by atoms with Crippen LogP contribution < -0.4 is 4.90 Å². The molecule has 1 fully saturated rings. The van der Waals surface area contributed by atoms with Gasteiger partial charge in [-0.05, 0) is 38.0 Å². The first-order valence-corrected chi connectivity index (χ1v) is 7.03. The van der Waals surface area contributed by atoms with E-state index in [0.717, 1.165) is 37.3 Å². The lowest BCUT2D eigenvalue weighted by molar-refractivity contribution is 0.115. The molecule has 2 aromatic rings. The standard InChI is InChI=1S/C16H20N2O/c1-12(19)14-6-4-10-18(11-14)16-9-8-13-5-2-3-7-15(13)17-16/h2-3,5,7-9,12,14,19H,4,6,10-11H2,1H3. The Morgan fingerprint density at radius 2 is 2.11 bits per heavy atom. The van der Waals surface area contributed by atoms with Gasteiger partial charge in [0.05, 0.1) is 11.6 Å². The lowest BCUT2D eigenvalue weighted by Gasteiger charge is -2.35. The van der Waals surface area contributed by atoms with Gasteiger partial charge in [0.1, 0.15) is 5.82 Å². The quantitative estimate of drug-likeness (QED) is 0.897. The molecule has 2 atom stereocenters. The fourth-order valence-electron chi connectivity index (χ4n) is 2.84. The average molecular weight is 256 g/mol. The second-order valence-electron chi connectivity index (χ2n) is 5.45. The summed E-state index contributed by atoms with van der Waals surface area (Å²) >= 11 is 0. The summed E-state index contributed by atoms with van der Waals surface area (Å²) in [5.74, 6) is 1.39. The summed E-state index contributed by atoms with van der Waals surface area (Å²) in [5, 5.41) is 10.9. The molecule has 0 saturated carbocycles. The highest BCUT2D eigenvalue weighted by Crippen LogP contribution is 2.25. The molecule has 3 nitrogen and oxygen atoms in total. The Balaban J connectivity index is 1.87. The van der Waals surface area contributed by atoms with Gasteiger partial charge in [-0.1, -0.05) is 18.2 Å². The Bertz CT molecular complexity index is 567. The van der Waals surface area contributed by atoms with E-state index in [9.17, 15) is 5.11 Å². The zero-order valence-corrected chi connectivity index (χ0v) is 11.3. The minimum Gasteiger partial charge on any atom is -0.393 e. The van der Waals surface area contributed by atoms with Gasteiger partial charge < -0.3 is 10.0 Å². The van der Waals surface area contributed by atoms with Crippen LogP contribution in [0.2, 0.25) is 0 Å². The highest BCUT2D eigenvalue weighted by molar-refractivity contribution is 5.80. The maximum atomic E-state index is 9.77. The smallest absolute Gasteiger partial charge is 0.129 e. The summed E-state index contributed by atoms with van der Waals surface area (Å²) < 4.78 is 0. The van der Waals surface area contributed by atoms with Gasteiger partial charge in [-0.25, -0.2) is 4.98 Å². The fraction of sp³-hybridized carbons (Fsp3) is 0.438. The third kappa shape index (κ3) is 2.56. The Morgan fingerprint density at radius 3 is 2.95 bits per heavy atom. The maximum absolute atomic E-state index is 9.77. The topological polar surface area (TPSA) is 36.4 Å². The third-order valence-electron chi connectivity index (χ3n) is 4.05. The monoisotopic (exact) mass is 256 g/mol. The molecule has 3 rings (SSSR count). The molecule has 0 bridgehead atoms. The second-order valence-corrected chi connectivity index (χ2v) is 5.45. The zero-order valence-electron chi connectivity index (χ0n) is 11.3. The van der Waals surface area contributed by atoms with Crippen LogP contribution in [0.4, 0.5) is 5.82 Å². The number of aliphatic hydroxyl groups is 1. The van der Waals surface area contributed by atoms with Crippen LogP contribution in [-0.2, 0) is 0 Å². The van der Waals surface area contributed by atoms with E-state index in [-0.39, 0.29) is 6.10 Å². The number of aliphatic hydroxyl groups excluding tert-OH is 1. The molecule has 19 heavy (non-hydrogen) atoms.